The molecule has 1 aromatic carbocycles. The highest BCUT2D eigenvalue weighted by molar-refractivity contribution is 6.01. The molecule has 2 aliphatic carbocycles. The SMILES string of the molecule is CC1=NC(C2CCCCO2)Cc2ccc(C3CCC3C(=O)C(c3ccccn3)C3CCCC3)cc21. The van der Waals surface area contributed by atoms with Crippen molar-refractivity contribution in [2.24, 2.45) is 16.8 Å². The van der Waals surface area contributed by atoms with Gasteiger partial charge >= 0.3 is 0 Å². The van der Waals surface area contributed by atoms with Crippen molar-refractivity contribution in [3.63, 3.8) is 0 Å². The molecule has 2 aromatic rings. The lowest BCUT2D eigenvalue weighted by atomic mass is 9.63. The van der Waals surface area contributed by atoms with Crippen molar-refractivity contribution in [3.8, 4) is 0 Å². The number of carbonyl (C=O) groups excluding carboxylic acids is 1. The number of fused-ring (bicyclic) bond motifs is 1. The smallest absolute Gasteiger partial charge is 0.145 e. The monoisotopic (exact) mass is 470 g/mol. The number of aromatic nitrogens is 1. The summed E-state index contributed by atoms with van der Waals surface area (Å²) >= 11 is 0. The van der Waals surface area contributed by atoms with Gasteiger partial charge < -0.3 is 4.74 Å². The molecule has 3 heterocycles. The summed E-state index contributed by atoms with van der Waals surface area (Å²) in [6.07, 6.45) is 13.5. The Morgan fingerprint density at radius 1 is 1.00 bits per heavy atom. The van der Waals surface area contributed by atoms with Crippen molar-refractivity contribution in [2.75, 3.05) is 6.61 Å². The second kappa shape index (κ2) is 9.97. The van der Waals surface area contributed by atoms with E-state index in [0.717, 1.165) is 56.5 Å². The van der Waals surface area contributed by atoms with E-state index in [2.05, 4.69) is 36.2 Å². The number of carbonyl (C=O) groups is 1. The number of rotatable bonds is 6. The Bertz CT molecular complexity index is 1080. The van der Waals surface area contributed by atoms with E-state index in [1.54, 1.807) is 0 Å². The zero-order valence-electron chi connectivity index (χ0n) is 21.0. The summed E-state index contributed by atoms with van der Waals surface area (Å²) in [7, 11) is 0. The molecule has 35 heavy (non-hydrogen) atoms. The largest absolute Gasteiger partial charge is 0.376 e. The molecule has 4 heteroatoms. The van der Waals surface area contributed by atoms with Crippen LogP contribution in [0.15, 0.2) is 47.6 Å². The highest BCUT2D eigenvalue weighted by atomic mass is 16.5. The molecule has 1 aromatic heterocycles. The number of pyridine rings is 1. The van der Waals surface area contributed by atoms with Crippen LogP contribution in [-0.2, 0) is 16.0 Å². The van der Waals surface area contributed by atoms with Gasteiger partial charge in [0, 0.05) is 24.4 Å². The van der Waals surface area contributed by atoms with Gasteiger partial charge in [-0.25, -0.2) is 0 Å². The minimum absolute atomic E-state index is 0.0383. The van der Waals surface area contributed by atoms with Gasteiger partial charge in [-0.05, 0) is 105 Å². The molecule has 3 fully saturated rings. The summed E-state index contributed by atoms with van der Waals surface area (Å²) < 4.78 is 6.06. The minimum Gasteiger partial charge on any atom is -0.376 e. The first-order chi connectivity index (χ1) is 17.2. The summed E-state index contributed by atoms with van der Waals surface area (Å²) in [6.45, 7) is 3.02. The van der Waals surface area contributed by atoms with Gasteiger partial charge in [-0.15, -0.1) is 0 Å². The first kappa shape index (κ1) is 23.1. The van der Waals surface area contributed by atoms with Crippen LogP contribution in [0, 0.1) is 11.8 Å². The van der Waals surface area contributed by atoms with E-state index in [4.69, 9.17) is 9.73 Å². The zero-order valence-corrected chi connectivity index (χ0v) is 21.0. The molecule has 1 saturated heterocycles. The van der Waals surface area contributed by atoms with E-state index in [0.29, 0.717) is 17.6 Å². The van der Waals surface area contributed by atoms with Crippen LogP contribution >= 0.6 is 0 Å². The highest BCUT2D eigenvalue weighted by Gasteiger charge is 2.44. The summed E-state index contributed by atoms with van der Waals surface area (Å²) in [6, 6.07) is 13.3. The van der Waals surface area contributed by atoms with E-state index < -0.39 is 0 Å². The Morgan fingerprint density at radius 2 is 1.86 bits per heavy atom. The molecule has 184 valence electrons. The number of nitrogens with zero attached hydrogens (tertiary/aromatic N) is 2. The van der Waals surface area contributed by atoms with Crippen LogP contribution < -0.4 is 0 Å². The van der Waals surface area contributed by atoms with Crippen LogP contribution in [-0.4, -0.2) is 35.2 Å². The molecule has 2 saturated carbocycles. The maximum atomic E-state index is 14.0. The third-order valence-electron chi connectivity index (χ3n) is 9.21. The van der Waals surface area contributed by atoms with E-state index in [1.807, 2.05) is 18.3 Å². The summed E-state index contributed by atoms with van der Waals surface area (Å²) in [4.78, 5) is 23.7. The molecule has 0 radical (unpaired) electrons. The minimum atomic E-state index is -0.0383. The molecular formula is C31H38N2O2. The number of benzene rings is 1. The maximum Gasteiger partial charge on any atom is 0.145 e. The third-order valence-corrected chi connectivity index (χ3v) is 9.21. The van der Waals surface area contributed by atoms with Crippen LogP contribution in [0.5, 0.6) is 0 Å². The Labute approximate surface area is 209 Å². The standard InChI is InChI=1S/C31H38N2O2/c1-20-26-18-22(12-13-23(26)19-28(33-20)29-11-5-7-17-35-29)24-14-15-25(24)31(34)30(21-8-2-3-9-21)27-10-4-6-16-32-27/h4,6,10,12-13,16,18,21,24-25,28-30H,2-3,5,7-9,11,14-15,17,19H2,1H3. The average molecular weight is 471 g/mol. The van der Waals surface area contributed by atoms with E-state index in [1.165, 1.54) is 42.4 Å². The van der Waals surface area contributed by atoms with E-state index >= 15 is 0 Å². The van der Waals surface area contributed by atoms with Crippen molar-refractivity contribution >= 4 is 11.5 Å². The Balaban J connectivity index is 1.22. The van der Waals surface area contributed by atoms with Crippen molar-refractivity contribution in [1.82, 2.24) is 4.98 Å². The van der Waals surface area contributed by atoms with Crippen molar-refractivity contribution < 1.29 is 9.53 Å². The number of ketones is 1. The fraction of sp³-hybridized carbons (Fsp3) is 0.581. The topological polar surface area (TPSA) is 51.5 Å². The van der Waals surface area contributed by atoms with Crippen molar-refractivity contribution in [1.29, 1.82) is 0 Å². The van der Waals surface area contributed by atoms with Gasteiger partial charge in [-0.1, -0.05) is 31.0 Å². The Hall–Kier alpha value is -2.33. The molecule has 0 bridgehead atoms. The Morgan fingerprint density at radius 3 is 2.57 bits per heavy atom. The van der Waals surface area contributed by atoms with Crippen LogP contribution in [0.2, 0.25) is 0 Å². The van der Waals surface area contributed by atoms with Gasteiger partial charge in [-0.3, -0.25) is 14.8 Å². The molecule has 0 spiro atoms. The summed E-state index contributed by atoms with van der Waals surface area (Å²) in [5.41, 5.74) is 6.11. The van der Waals surface area contributed by atoms with Gasteiger partial charge in [0.05, 0.1) is 23.8 Å². The molecule has 2 aliphatic heterocycles. The van der Waals surface area contributed by atoms with E-state index in [-0.39, 0.29) is 24.0 Å². The van der Waals surface area contributed by atoms with Gasteiger partial charge in [0.25, 0.3) is 0 Å². The van der Waals surface area contributed by atoms with Crippen LogP contribution in [0.3, 0.4) is 0 Å². The van der Waals surface area contributed by atoms with Gasteiger partial charge in [0.1, 0.15) is 5.78 Å². The van der Waals surface area contributed by atoms with Gasteiger partial charge in [0.15, 0.2) is 0 Å². The molecule has 6 rings (SSSR count). The zero-order chi connectivity index (χ0) is 23.8. The highest BCUT2D eigenvalue weighted by Crippen LogP contribution is 2.48. The average Bonchev–Trinajstić information content (AvgIpc) is 3.39. The predicted octanol–water partition coefficient (Wildman–Crippen LogP) is 6.42. The van der Waals surface area contributed by atoms with E-state index in [9.17, 15) is 4.79 Å². The van der Waals surface area contributed by atoms with Gasteiger partial charge in [-0.2, -0.15) is 0 Å². The van der Waals surface area contributed by atoms with Crippen molar-refractivity contribution in [2.45, 2.75) is 95.1 Å². The summed E-state index contributed by atoms with van der Waals surface area (Å²) in [5.74, 6) is 1.29. The normalized spacial score (nSPS) is 29.7. The second-order valence-electron chi connectivity index (χ2n) is 11.3. The molecule has 5 atom stereocenters. The second-order valence-corrected chi connectivity index (χ2v) is 11.3. The summed E-state index contributed by atoms with van der Waals surface area (Å²) in [5, 5.41) is 0. The lowest BCUT2D eigenvalue weighted by Crippen LogP contribution is -2.37. The molecular weight excluding hydrogens is 432 g/mol. The molecule has 5 unspecified atom stereocenters. The number of hydrogen-bond acceptors (Lipinski definition) is 4. The fourth-order valence-electron chi connectivity index (χ4n) is 7.15. The number of ether oxygens (including phenoxy) is 1. The lowest BCUT2D eigenvalue weighted by molar-refractivity contribution is -0.129. The molecule has 0 amide bonds. The maximum absolute atomic E-state index is 14.0. The van der Waals surface area contributed by atoms with Crippen LogP contribution in [0.25, 0.3) is 0 Å². The quantitative estimate of drug-likeness (QED) is 0.489. The molecule has 4 aliphatic rings. The fourth-order valence-corrected chi connectivity index (χ4v) is 7.15. The molecule has 4 nitrogen and oxygen atoms in total. The first-order valence-corrected chi connectivity index (χ1v) is 13.9. The van der Waals surface area contributed by atoms with Crippen LogP contribution in [0.1, 0.15) is 98.9 Å². The molecule has 0 N–H and O–H groups in total. The van der Waals surface area contributed by atoms with Crippen LogP contribution in [0.4, 0.5) is 0 Å². The lowest BCUT2D eigenvalue weighted by Gasteiger charge is -2.39. The predicted molar refractivity (Wildman–Crippen MR) is 139 cm³/mol. The number of Topliss-reactive ketones (excluding diaryl/α,β-unsaturated/α-hetero) is 1. The Kier molecular flexibility index (Phi) is 6.58. The first-order valence-electron chi connectivity index (χ1n) is 13.9. The van der Waals surface area contributed by atoms with Gasteiger partial charge in [0.2, 0.25) is 0 Å². The number of aliphatic imine (C=N–C) groups is 1. The van der Waals surface area contributed by atoms with Crippen molar-refractivity contribution in [3.05, 3.63) is 65.0 Å². The third kappa shape index (κ3) is 4.50. The number of hydrogen-bond donors (Lipinski definition) is 0.